The molecule has 1 saturated heterocycles. The van der Waals surface area contributed by atoms with Gasteiger partial charge in [0.25, 0.3) is 5.91 Å². The van der Waals surface area contributed by atoms with Gasteiger partial charge >= 0.3 is 0 Å². The first-order chi connectivity index (χ1) is 15.6. The number of hydrogen-bond acceptors (Lipinski definition) is 2. The fourth-order valence-corrected chi connectivity index (χ4v) is 5.27. The predicted molar refractivity (Wildman–Crippen MR) is 137 cm³/mol. The van der Waals surface area contributed by atoms with Gasteiger partial charge in [-0.25, -0.2) is 5.01 Å². The normalized spacial score (nSPS) is 15.4. The third-order valence-corrected chi connectivity index (χ3v) is 7.24. The molecule has 1 amide bonds. The summed E-state index contributed by atoms with van der Waals surface area (Å²) in [5.41, 5.74) is 0.775. The van der Waals surface area contributed by atoms with E-state index in [1.54, 1.807) is 0 Å². The lowest BCUT2D eigenvalue weighted by atomic mass is 10.1. The summed E-state index contributed by atoms with van der Waals surface area (Å²) in [7, 11) is 3.95. The zero-order valence-electron chi connectivity index (χ0n) is 21.4. The van der Waals surface area contributed by atoms with E-state index in [-0.39, 0.29) is 5.91 Å². The van der Waals surface area contributed by atoms with Crippen LogP contribution in [0.1, 0.15) is 101 Å². The van der Waals surface area contributed by atoms with Gasteiger partial charge in [0.05, 0.1) is 26.2 Å². The predicted octanol–water partition coefficient (Wildman–Crippen LogP) is 6.53. The summed E-state index contributed by atoms with van der Waals surface area (Å²) in [6.45, 7) is 8.32. The number of quaternary nitrogens is 1. The van der Waals surface area contributed by atoms with Gasteiger partial charge in [-0.2, -0.15) is 0 Å². The van der Waals surface area contributed by atoms with Gasteiger partial charge in [-0.3, -0.25) is 9.80 Å². The number of benzene rings is 1. The second-order valence-corrected chi connectivity index (χ2v) is 10.1. The van der Waals surface area contributed by atoms with Crippen molar-refractivity contribution in [1.82, 2.24) is 10.0 Å². The highest BCUT2D eigenvalue weighted by atomic mass is 16.2. The molecule has 2 rings (SSSR count). The molecule has 0 spiro atoms. The number of carbonyl (C=O) groups is 1. The number of carbonyl (C=O) groups excluding carboxylic acids is 1. The molecular weight excluding hydrogens is 394 g/mol. The number of rotatable bonds is 17. The van der Waals surface area contributed by atoms with Crippen molar-refractivity contribution in [2.75, 3.05) is 46.8 Å². The Morgan fingerprint density at radius 2 is 1.31 bits per heavy atom. The molecule has 0 N–H and O–H groups in total. The highest BCUT2D eigenvalue weighted by Crippen LogP contribution is 2.22. The SMILES string of the molecule is CCCCCCCCCCCC[N+]1(CCCN(C(=O)c2ccccc2)N(C)C)CCCC1. The Bertz CT molecular complexity index is 610. The summed E-state index contributed by atoms with van der Waals surface area (Å²) in [6.07, 6.45) is 17.9. The maximum absolute atomic E-state index is 12.9. The van der Waals surface area contributed by atoms with Crippen molar-refractivity contribution in [3.05, 3.63) is 35.9 Å². The van der Waals surface area contributed by atoms with Crippen molar-refractivity contribution < 1.29 is 9.28 Å². The molecule has 0 aliphatic carbocycles. The van der Waals surface area contributed by atoms with Gasteiger partial charge in [-0.05, 0) is 25.0 Å². The number of amides is 1. The molecule has 0 bridgehead atoms. The Hall–Kier alpha value is -1.39. The molecule has 0 radical (unpaired) electrons. The van der Waals surface area contributed by atoms with Crippen LogP contribution >= 0.6 is 0 Å². The van der Waals surface area contributed by atoms with E-state index in [1.165, 1.54) is 108 Å². The van der Waals surface area contributed by atoms with E-state index < -0.39 is 0 Å². The number of hydrazine groups is 1. The first kappa shape index (κ1) is 26.9. The van der Waals surface area contributed by atoms with Crippen molar-refractivity contribution in [2.24, 2.45) is 0 Å². The molecule has 0 aromatic heterocycles. The molecule has 1 aliphatic heterocycles. The fraction of sp³-hybridized carbons (Fsp3) is 0.750. The first-order valence-electron chi connectivity index (χ1n) is 13.5. The number of nitrogens with zero attached hydrogens (tertiary/aromatic N) is 3. The van der Waals surface area contributed by atoms with E-state index in [1.807, 2.05) is 54.4 Å². The molecule has 1 heterocycles. The van der Waals surface area contributed by atoms with Gasteiger partial charge in [0.15, 0.2) is 0 Å². The van der Waals surface area contributed by atoms with Crippen LogP contribution in [0.3, 0.4) is 0 Å². The van der Waals surface area contributed by atoms with Crippen molar-refractivity contribution in [3.8, 4) is 0 Å². The molecule has 4 nitrogen and oxygen atoms in total. The molecule has 0 atom stereocenters. The average Bonchev–Trinajstić information content (AvgIpc) is 3.27. The Balaban J connectivity index is 1.69. The monoisotopic (exact) mass is 444 g/mol. The maximum atomic E-state index is 12.9. The van der Waals surface area contributed by atoms with Crippen molar-refractivity contribution in [2.45, 2.75) is 90.4 Å². The number of hydrogen-bond donors (Lipinski definition) is 0. The van der Waals surface area contributed by atoms with Crippen LogP contribution in [-0.4, -0.2) is 67.2 Å². The van der Waals surface area contributed by atoms with Crippen LogP contribution in [0.4, 0.5) is 0 Å². The third-order valence-electron chi connectivity index (χ3n) is 7.24. The van der Waals surface area contributed by atoms with Crippen molar-refractivity contribution in [1.29, 1.82) is 0 Å². The molecule has 32 heavy (non-hydrogen) atoms. The quantitative estimate of drug-likeness (QED) is 0.155. The molecule has 1 aromatic carbocycles. The highest BCUT2D eigenvalue weighted by molar-refractivity contribution is 5.93. The third kappa shape index (κ3) is 9.62. The van der Waals surface area contributed by atoms with E-state index in [0.29, 0.717) is 0 Å². The molecule has 4 heteroatoms. The van der Waals surface area contributed by atoms with Crippen LogP contribution in [0.15, 0.2) is 30.3 Å². The van der Waals surface area contributed by atoms with Crippen LogP contribution < -0.4 is 0 Å². The van der Waals surface area contributed by atoms with Gasteiger partial charge in [0.2, 0.25) is 0 Å². The van der Waals surface area contributed by atoms with Gasteiger partial charge in [0, 0.05) is 45.5 Å². The van der Waals surface area contributed by atoms with Gasteiger partial charge in [0.1, 0.15) is 0 Å². The van der Waals surface area contributed by atoms with Crippen LogP contribution in [0, 0.1) is 0 Å². The van der Waals surface area contributed by atoms with E-state index in [2.05, 4.69) is 6.92 Å². The summed E-state index contributed by atoms with van der Waals surface area (Å²) >= 11 is 0. The Labute approximate surface area is 198 Å². The lowest BCUT2D eigenvalue weighted by molar-refractivity contribution is -0.917. The number of likely N-dealkylation sites (tertiary alicyclic amines) is 1. The summed E-state index contributed by atoms with van der Waals surface area (Å²) in [5, 5.41) is 3.86. The molecule has 0 saturated carbocycles. The largest absolute Gasteiger partial charge is 0.324 e. The van der Waals surface area contributed by atoms with Crippen LogP contribution in [-0.2, 0) is 0 Å². The summed E-state index contributed by atoms with van der Waals surface area (Å²) in [6, 6.07) is 9.68. The fourth-order valence-electron chi connectivity index (χ4n) is 5.27. The minimum absolute atomic E-state index is 0.110. The lowest BCUT2D eigenvalue weighted by Gasteiger charge is -2.36. The zero-order chi connectivity index (χ0) is 23.1. The molecule has 182 valence electrons. The van der Waals surface area contributed by atoms with Gasteiger partial charge < -0.3 is 4.48 Å². The van der Waals surface area contributed by atoms with Crippen LogP contribution in [0.5, 0.6) is 0 Å². The Kier molecular flexibility index (Phi) is 13.0. The second-order valence-electron chi connectivity index (χ2n) is 10.1. The maximum Gasteiger partial charge on any atom is 0.268 e. The molecule has 1 fully saturated rings. The lowest BCUT2D eigenvalue weighted by Crippen LogP contribution is -2.49. The van der Waals surface area contributed by atoms with Crippen LogP contribution in [0.2, 0.25) is 0 Å². The Morgan fingerprint density at radius 3 is 1.88 bits per heavy atom. The van der Waals surface area contributed by atoms with Gasteiger partial charge in [-0.1, -0.05) is 76.5 Å². The minimum Gasteiger partial charge on any atom is -0.324 e. The summed E-state index contributed by atoms with van der Waals surface area (Å²) in [5.74, 6) is 0.110. The van der Waals surface area contributed by atoms with Crippen molar-refractivity contribution in [3.63, 3.8) is 0 Å². The van der Waals surface area contributed by atoms with E-state index in [0.717, 1.165) is 18.5 Å². The van der Waals surface area contributed by atoms with Gasteiger partial charge in [-0.15, -0.1) is 0 Å². The zero-order valence-corrected chi connectivity index (χ0v) is 21.4. The standard InChI is InChI=1S/C28H50N3O/c1-4-5-6-7-8-9-10-11-12-16-23-31(24-17-18-25-31)26-19-22-30(29(2)3)28(32)27-20-14-13-15-21-27/h13-15,20-21H,4-12,16-19,22-26H2,1-3H3/q+1. The number of unbranched alkanes of at least 4 members (excludes halogenated alkanes) is 9. The Morgan fingerprint density at radius 1 is 0.781 bits per heavy atom. The summed E-state index contributed by atoms with van der Waals surface area (Å²) < 4.78 is 1.29. The molecule has 1 aromatic rings. The van der Waals surface area contributed by atoms with E-state index >= 15 is 0 Å². The first-order valence-corrected chi connectivity index (χ1v) is 13.5. The van der Waals surface area contributed by atoms with E-state index in [9.17, 15) is 4.79 Å². The molecule has 0 unspecified atom stereocenters. The average molecular weight is 445 g/mol. The summed E-state index contributed by atoms with van der Waals surface area (Å²) in [4.78, 5) is 12.9. The van der Waals surface area contributed by atoms with E-state index in [4.69, 9.17) is 0 Å². The van der Waals surface area contributed by atoms with Crippen LogP contribution in [0.25, 0.3) is 0 Å². The smallest absolute Gasteiger partial charge is 0.268 e. The highest BCUT2D eigenvalue weighted by Gasteiger charge is 2.31. The topological polar surface area (TPSA) is 23.6 Å². The van der Waals surface area contributed by atoms with Crippen molar-refractivity contribution >= 4 is 5.91 Å². The molecular formula is C28H50N3O+. The second kappa shape index (κ2) is 15.4. The molecule has 1 aliphatic rings. The minimum atomic E-state index is 0.110.